The van der Waals surface area contributed by atoms with E-state index in [9.17, 15) is 10.2 Å². The summed E-state index contributed by atoms with van der Waals surface area (Å²) in [6, 6.07) is 35.2. The molecular weight excluding hydrogens is 731 g/mol. The Bertz CT molecular complexity index is 1990. The predicted molar refractivity (Wildman–Crippen MR) is 230 cm³/mol. The molecule has 0 spiro atoms. The Labute approximate surface area is 342 Å². The van der Waals surface area contributed by atoms with Crippen LogP contribution >= 0.6 is 11.8 Å². The lowest BCUT2D eigenvalue weighted by atomic mass is 9.56. The average molecular weight is 788 g/mol. The van der Waals surface area contributed by atoms with E-state index >= 15 is 0 Å². The third-order valence-corrected chi connectivity index (χ3v) is 12.6. The fourth-order valence-corrected chi connectivity index (χ4v) is 10.1. The third kappa shape index (κ3) is 9.36. The van der Waals surface area contributed by atoms with Crippen LogP contribution in [0.3, 0.4) is 0 Å². The van der Waals surface area contributed by atoms with Crippen LogP contribution in [0.15, 0.2) is 137 Å². The van der Waals surface area contributed by atoms with E-state index in [1.165, 1.54) is 0 Å². The van der Waals surface area contributed by atoms with E-state index in [0.717, 1.165) is 88.6 Å². The molecule has 0 bridgehead atoms. The maximum absolute atomic E-state index is 9.95. The molecule has 57 heavy (non-hydrogen) atoms. The van der Waals surface area contributed by atoms with Gasteiger partial charge in [0.05, 0.1) is 23.5 Å². The summed E-state index contributed by atoms with van der Waals surface area (Å²) >= 11 is 1.76. The molecule has 0 saturated heterocycles. The highest BCUT2D eigenvalue weighted by atomic mass is 32.2. The number of aliphatic hydroxyl groups excluding tert-OH is 2. The lowest BCUT2D eigenvalue weighted by Crippen LogP contribution is -2.64. The minimum absolute atomic E-state index is 0.0283. The zero-order chi connectivity index (χ0) is 39.8. The van der Waals surface area contributed by atoms with Crippen LogP contribution in [0.4, 0.5) is 0 Å². The zero-order valence-corrected chi connectivity index (χ0v) is 34.3. The summed E-state index contributed by atoms with van der Waals surface area (Å²) in [5.41, 5.74) is 4.93. The molecule has 4 aromatic rings. The first-order valence-electron chi connectivity index (χ1n) is 20.5. The Kier molecular flexibility index (Phi) is 13.3. The second-order valence-electron chi connectivity index (χ2n) is 16.4. The lowest BCUT2D eigenvalue weighted by molar-refractivity contribution is -0.223. The Hall–Kier alpha value is -4.34. The van der Waals surface area contributed by atoms with E-state index < -0.39 is 11.4 Å². The Morgan fingerprint density at radius 2 is 1.51 bits per heavy atom. The molecule has 6 unspecified atom stereocenters. The van der Waals surface area contributed by atoms with E-state index in [1.807, 2.05) is 69.3 Å². The summed E-state index contributed by atoms with van der Waals surface area (Å²) in [6.07, 6.45) is 9.93. The fraction of sp³-hybridized carbons (Fsp3) is 0.408. The van der Waals surface area contributed by atoms with Crippen molar-refractivity contribution in [1.29, 1.82) is 0 Å². The Morgan fingerprint density at radius 1 is 0.842 bits per heavy atom. The number of hydrogen-bond donors (Lipinski definition) is 2. The second kappa shape index (κ2) is 18.5. The number of thioether (sulfide) groups is 1. The molecule has 1 saturated carbocycles. The van der Waals surface area contributed by atoms with E-state index in [0.29, 0.717) is 13.0 Å². The quantitative estimate of drug-likeness (QED) is 0.0626. The summed E-state index contributed by atoms with van der Waals surface area (Å²) in [7, 11) is 0. The first-order valence-corrected chi connectivity index (χ1v) is 21.4. The summed E-state index contributed by atoms with van der Waals surface area (Å²) < 4.78 is 21.0. The van der Waals surface area contributed by atoms with Crippen LogP contribution in [-0.4, -0.2) is 52.4 Å². The molecule has 8 heteroatoms. The highest BCUT2D eigenvalue weighted by Crippen LogP contribution is 2.63. The molecule has 1 fully saturated rings. The summed E-state index contributed by atoms with van der Waals surface area (Å²) in [4.78, 5) is 7.37. The second-order valence-corrected chi connectivity index (χ2v) is 17.6. The normalized spacial score (nSPS) is 24.5. The summed E-state index contributed by atoms with van der Waals surface area (Å²) in [5, 5.41) is 24.6. The van der Waals surface area contributed by atoms with Crippen molar-refractivity contribution in [2.24, 2.45) is 22.9 Å². The molecule has 1 aliphatic heterocycles. The van der Waals surface area contributed by atoms with Gasteiger partial charge in [-0.25, -0.2) is 0 Å². The van der Waals surface area contributed by atoms with Gasteiger partial charge in [0.1, 0.15) is 22.8 Å². The van der Waals surface area contributed by atoms with Crippen LogP contribution in [0, 0.1) is 17.8 Å². The number of rotatable bonds is 17. The van der Waals surface area contributed by atoms with Gasteiger partial charge in [0.2, 0.25) is 5.79 Å². The van der Waals surface area contributed by atoms with Gasteiger partial charge in [-0.05, 0) is 117 Å². The number of ether oxygens (including phenoxy) is 3. The number of oxime groups is 1. The number of allylic oxidation sites excluding steroid dienone is 1. The molecule has 6 atom stereocenters. The van der Waals surface area contributed by atoms with Crippen molar-refractivity contribution in [3.05, 3.63) is 133 Å². The first kappa shape index (κ1) is 40.8. The van der Waals surface area contributed by atoms with Crippen LogP contribution in [0.2, 0.25) is 0 Å². The van der Waals surface area contributed by atoms with E-state index in [1.54, 1.807) is 11.8 Å². The van der Waals surface area contributed by atoms with E-state index in [2.05, 4.69) is 73.3 Å². The number of aliphatic hydroxyl groups is 2. The molecule has 0 aromatic heterocycles. The van der Waals surface area contributed by atoms with Crippen LogP contribution in [0.1, 0.15) is 77.2 Å². The van der Waals surface area contributed by atoms with Gasteiger partial charge >= 0.3 is 0 Å². The van der Waals surface area contributed by atoms with Crippen molar-refractivity contribution in [2.75, 3.05) is 19.8 Å². The number of nitrogens with zero attached hydrogens (tertiary/aromatic N) is 1. The standard InChI is InChI=1S/C49H57NO6S/c1-5-30-53-49-45(57-39-19-10-7-11-20-39)33-43(50-56-48(2,3)4)41-31-36(18-12-14-28-51)40(21-13-15-29-52)46(47(41)49)42-32-38(26-27-44(42)55-49)54-37-24-22-35(23-25-37)34-16-8-6-9-17-34/h5-11,16-17,19-20,22-27,31-32,36,40,45-47,51-52H,1,12-15,18,21,28-30,33H2,2-4H3. The van der Waals surface area contributed by atoms with Gasteiger partial charge < -0.3 is 29.3 Å². The monoisotopic (exact) mass is 787 g/mol. The highest BCUT2D eigenvalue weighted by Gasteiger charge is 2.64. The van der Waals surface area contributed by atoms with Gasteiger partial charge in [0.25, 0.3) is 0 Å². The SMILES string of the molecule is C=CCOC12Oc3ccc(Oc4ccc(-c5ccccc5)cc4)cc3C3C(CCCCO)C(CCCCO)C=C(C(=NOC(C)(C)C)CC1Sc1ccccc1)C32. The molecule has 4 aromatic carbocycles. The largest absolute Gasteiger partial charge is 0.460 e. The third-order valence-electron chi connectivity index (χ3n) is 11.3. The average Bonchev–Trinajstić information content (AvgIpc) is 3.22. The lowest BCUT2D eigenvalue weighted by Gasteiger charge is -2.58. The molecule has 2 aliphatic carbocycles. The van der Waals surface area contributed by atoms with Gasteiger partial charge in [-0.3, -0.25) is 0 Å². The molecule has 7 nitrogen and oxygen atoms in total. The first-order chi connectivity index (χ1) is 27.7. The van der Waals surface area contributed by atoms with Gasteiger partial charge in [-0.15, -0.1) is 18.3 Å². The van der Waals surface area contributed by atoms with Gasteiger partial charge in [0, 0.05) is 36.0 Å². The van der Waals surface area contributed by atoms with Crippen molar-refractivity contribution in [3.8, 4) is 28.4 Å². The van der Waals surface area contributed by atoms with Crippen molar-refractivity contribution in [2.45, 2.75) is 93.2 Å². The van der Waals surface area contributed by atoms with Crippen LogP contribution in [0.25, 0.3) is 11.1 Å². The number of benzene rings is 4. The number of hydrogen-bond acceptors (Lipinski definition) is 8. The van der Waals surface area contributed by atoms with E-state index in [-0.39, 0.29) is 42.1 Å². The molecule has 2 N–H and O–H groups in total. The predicted octanol–water partition coefficient (Wildman–Crippen LogP) is 11.4. The maximum Gasteiger partial charge on any atom is 0.231 e. The molecular formula is C49H57NO6S. The summed E-state index contributed by atoms with van der Waals surface area (Å²) in [5.74, 6) is 1.37. The van der Waals surface area contributed by atoms with Crippen molar-refractivity contribution < 1.29 is 29.3 Å². The van der Waals surface area contributed by atoms with Gasteiger partial charge in [-0.2, -0.15) is 0 Å². The number of fused-ring (bicyclic) bond motifs is 2. The zero-order valence-electron chi connectivity index (χ0n) is 33.5. The van der Waals surface area contributed by atoms with Crippen LogP contribution in [-0.2, 0) is 9.57 Å². The molecule has 0 amide bonds. The van der Waals surface area contributed by atoms with Crippen LogP contribution < -0.4 is 9.47 Å². The smallest absolute Gasteiger partial charge is 0.231 e. The minimum atomic E-state index is -1.06. The Morgan fingerprint density at radius 3 is 2.19 bits per heavy atom. The molecule has 300 valence electrons. The molecule has 1 heterocycles. The molecule has 3 aliphatic rings. The van der Waals surface area contributed by atoms with Crippen molar-refractivity contribution in [1.82, 2.24) is 0 Å². The topological polar surface area (TPSA) is 89.7 Å². The van der Waals surface area contributed by atoms with E-state index in [4.69, 9.17) is 24.2 Å². The maximum atomic E-state index is 9.95. The molecule has 7 rings (SSSR count). The Balaban J connectivity index is 1.37. The van der Waals surface area contributed by atoms with Gasteiger partial charge in [0.15, 0.2) is 0 Å². The fourth-order valence-electron chi connectivity index (χ4n) is 8.83. The summed E-state index contributed by atoms with van der Waals surface area (Å²) in [6.45, 7) is 10.8. The minimum Gasteiger partial charge on any atom is -0.460 e. The van der Waals surface area contributed by atoms with Crippen molar-refractivity contribution >= 4 is 17.5 Å². The number of unbranched alkanes of at least 4 members (excludes halogenated alkanes) is 2. The van der Waals surface area contributed by atoms with Crippen LogP contribution in [0.5, 0.6) is 17.2 Å². The van der Waals surface area contributed by atoms with Gasteiger partial charge in [-0.1, -0.05) is 90.8 Å². The molecule has 0 radical (unpaired) electrons. The van der Waals surface area contributed by atoms with Crippen molar-refractivity contribution in [3.63, 3.8) is 0 Å². The highest BCUT2D eigenvalue weighted by molar-refractivity contribution is 8.00.